The maximum atomic E-state index is 12.5. The lowest BCUT2D eigenvalue weighted by Gasteiger charge is -2.34. The topological polar surface area (TPSA) is 20.3 Å². The number of thioether (sulfide) groups is 1. The zero-order valence-corrected chi connectivity index (χ0v) is 13.5. The number of halogens is 2. The van der Waals surface area contributed by atoms with Crippen molar-refractivity contribution in [2.75, 3.05) is 13.1 Å². The zero-order valence-electron chi connectivity index (χ0n) is 10.3. The molecule has 0 bridgehead atoms. The molecular formula is C13H15BrClNOS. The Kier molecular flexibility index (Phi) is 4.62. The van der Waals surface area contributed by atoms with E-state index in [9.17, 15) is 4.79 Å². The van der Waals surface area contributed by atoms with E-state index in [1.165, 1.54) is 0 Å². The van der Waals surface area contributed by atoms with Gasteiger partial charge in [0.1, 0.15) is 0 Å². The van der Waals surface area contributed by atoms with E-state index in [4.69, 9.17) is 11.6 Å². The summed E-state index contributed by atoms with van der Waals surface area (Å²) >= 11 is 11.5. The first-order valence-corrected chi connectivity index (χ1v) is 7.99. The predicted octanol–water partition coefficient (Wildman–Crippen LogP) is 4.07. The van der Waals surface area contributed by atoms with Crippen molar-refractivity contribution < 1.29 is 4.79 Å². The standard InChI is InChI=1S/C13H15BrClNOS/c1-8-6-16(7-9(2)18-8)13(17)10-4-3-5-11(14)12(10)15/h3-5,8-9H,6-7H2,1-2H3. The van der Waals surface area contributed by atoms with E-state index in [0.29, 0.717) is 21.1 Å². The van der Waals surface area contributed by atoms with E-state index in [0.717, 1.165) is 17.6 Å². The van der Waals surface area contributed by atoms with Crippen LogP contribution in [-0.2, 0) is 0 Å². The summed E-state index contributed by atoms with van der Waals surface area (Å²) in [6.45, 7) is 5.89. The SMILES string of the molecule is CC1CN(C(=O)c2cccc(Br)c2Cl)CC(C)S1. The number of nitrogens with zero attached hydrogens (tertiary/aromatic N) is 1. The molecule has 2 rings (SSSR count). The molecule has 1 heterocycles. The van der Waals surface area contributed by atoms with Crippen molar-refractivity contribution in [3.8, 4) is 0 Å². The first-order valence-electron chi connectivity index (χ1n) is 5.87. The van der Waals surface area contributed by atoms with Gasteiger partial charge in [-0.3, -0.25) is 4.79 Å². The summed E-state index contributed by atoms with van der Waals surface area (Å²) in [5.74, 6) is 0.0281. The monoisotopic (exact) mass is 347 g/mol. The number of benzene rings is 1. The second kappa shape index (κ2) is 5.85. The van der Waals surface area contributed by atoms with Crippen LogP contribution in [0.15, 0.2) is 22.7 Å². The van der Waals surface area contributed by atoms with Crippen LogP contribution in [0.5, 0.6) is 0 Å². The van der Waals surface area contributed by atoms with Crippen LogP contribution in [0.25, 0.3) is 0 Å². The number of carbonyl (C=O) groups excluding carboxylic acids is 1. The van der Waals surface area contributed by atoms with Crippen molar-refractivity contribution >= 4 is 45.2 Å². The molecule has 18 heavy (non-hydrogen) atoms. The highest BCUT2D eigenvalue weighted by atomic mass is 79.9. The fraction of sp³-hybridized carbons (Fsp3) is 0.462. The molecule has 0 aliphatic carbocycles. The maximum Gasteiger partial charge on any atom is 0.255 e. The van der Waals surface area contributed by atoms with Crippen LogP contribution in [0.3, 0.4) is 0 Å². The summed E-state index contributed by atoms with van der Waals surface area (Å²) in [4.78, 5) is 14.4. The molecule has 5 heteroatoms. The highest BCUT2D eigenvalue weighted by Gasteiger charge is 2.27. The highest BCUT2D eigenvalue weighted by molar-refractivity contribution is 9.10. The Morgan fingerprint density at radius 1 is 1.39 bits per heavy atom. The molecule has 1 aromatic rings. The molecule has 2 unspecified atom stereocenters. The van der Waals surface area contributed by atoms with Crippen molar-refractivity contribution in [3.63, 3.8) is 0 Å². The van der Waals surface area contributed by atoms with Gasteiger partial charge >= 0.3 is 0 Å². The first-order chi connectivity index (χ1) is 8.49. The van der Waals surface area contributed by atoms with E-state index in [-0.39, 0.29) is 5.91 Å². The lowest BCUT2D eigenvalue weighted by molar-refractivity contribution is 0.0753. The molecule has 1 aliphatic heterocycles. The molecule has 1 aromatic carbocycles. The Morgan fingerprint density at radius 3 is 2.61 bits per heavy atom. The number of hydrogen-bond donors (Lipinski definition) is 0. The van der Waals surface area contributed by atoms with E-state index >= 15 is 0 Å². The quantitative estimate of drug-likeness (QED) is 0.762. The normalized spacial score (nSPS) is 24.1. The largest absolute Gasteiger partial charge is 0.336 e. The molecular weight excluding hydrogens is 334 g/mol. The van der Waals surface area contributed by atoms with Gasteiger partial charge in [-0.25, -0.2) is 0 Å². The van der Waals surface area contributed by atoms with Gasteiger partial charge < -0.3 is 4.90 Å². The van der Waals surface area contributed by atoms with Crippen molar-refractivity contribution in [1.82, 2.24) is 4.90 Å². The molecule has 2 nitrogen and oxygen atoms in total. The van der Waals surface area contributed by atoms with Crippen molar-refractivity contribution in [2.45, 2.75) is 24.3 Å². The first kappa shape index (κ1) is 14.2. The lowest BCUT2D eigenvalue weighted by atomic mass is 10.2. The van der Waals surface area contributed by atoms with Crippen LogP contribution in [0.4, 0.5) is 0 Å². The average molecular weight is 349 g/mol. The molecule has 0 N–H and O–H groups in total. The second-order valence-corrected chi connectivity index (χ2v) is 7.68. The Bertz CT molecular complexity index is 458. The van der Waals surface area contributed by atoms with E-state index in [1.54, 1.807) is 6.07 Å². The Hall–Kier alpha value is -0.190. The van der Waals surface area contributed by atoms with Crippen LogP contribution in [0.1, 0.15) is 24.2 Å². The molecule has 1 aliphatic rings. The summed E-state index contributed by atoms with van der Waals surface area (Å²) < 4.78 is 0.766. The smallest absolute Gasteiger partial charge is 0.255 e. The van der Waals surface area contributed by atoms with Crippen LogP contribution in [-0.4, -0.2) is 34.4 Å². The van der Waals surface area contributed by atoms with E-state index in [1.807, 2.05) is 28.8 Å². The molecule has 1 fully saturated rings. The lowest BCUT2D eigenvalue weighted by Crippen LogP contribution is -2.44. The van der Waals surface area contributed by atoms with Crippen LogP contribution >= 0.6 is 39.3 Å². The Balaban J connectivity index is 2.23. The van der Waals surface area contributed by atoms with Gasteiger partial charge in [-0.1, -0.05) is 31.5 Å². The van der Waals surface area contributed by atoms with Crippen LogP contribution < -0.4 is 0 Å². The molecule has 2 atom stereocenters. The van der Waals surface area contributed by atoms with Gasteiger partial charge in [0.05, 0.1) is 10.6 Å². The molecule has 1 amide bonds. The van der Waals surface area contributed by atoms with E-state index < -0.39 is 0 Å². The van der Waals surface area contributed by atoms with Gasteiger partial charge in [-0.15, -0.1) is 0 Å². The van der Waals surface area contributed by atoms with E-state index in [2.05, 4.69) is 29.8 Å². The summed E-state index contributed by atoms with van der Waals surface area (Å²) in [5, 5.41) is 1.45. The summed E-state index contributed by atoms with van der Waals surface area (Å²) in [7, 11) is 0. The molecule has 1 saturated heterocycles. The predicted molar refractivity (Wildman–Crippen MR) is 81.6 cm³/mol. The van der Waals surface area contributed by atoms with Gasteiger partial charge in [0.15, 0.2) is 0 Å². The molecule has 0 radical (unpaired) electrons. The second-order valence-electron chi connectivity index (χ2n) is 4.57. The summed E-state index contributed by atoms with van der Waals surface area (Å²) in [6, 6.07) is 5.47. The Morgan fingerprint density at radius 2 is 2.00 bits per heavy atom. The molecule has 0 spiro atoms. The van der Waals surface area contributed by atoms with Crippen molar-refractivity contribution in [3.05, 3.63) is 33.3 Å². The fourth-order valence-electron chi connectivity index (χ4n) is 2.18. The summed E-state index contributed by atoms with van der Waals surface area (Å²) in [5.41, 5.74) is 0.581. The van der Waals surface area contributed by atoms with Crippen LogP contribution in [0.2, 0.25) is 5.02 Å². The maximum absolute atomic E-state index is 12.5. The van der Waals surface area contributed by atoms with Crippen molar-refractivity contribution in [2.24, 2.45) is 0 Å². The minimum absolute atomic E-state index is 0.0281. The minimum atomic E-state index is 0.0281. The number of amides is 1. The summed E-state index contributed by atoms with van der Waals surface area (Å²) in [6.07, 6.45) is 0. The molecule has 98 valence electrons. The number of carbonyl (C=O) groups is 1. The van der Waals surface area contributed by atoms with Gasteiger partial charge in [-0.2, -0.15) is 11.8 Å². The van der Waals surface area contributed by atoms with Gasteiger partial charge in [0.2, 0.25) is 0 Å². The van der Waals surface area contributed by atoms with Gasteiger partial charge in [0, 0.05) is 28.1 Å². The zero-order chi connectivity index (χ0) is 13.3. The van der Waals surface area contributed by atoms with Crippen LogP contribution in [0, 0.1) is 0 Å². The third kappa shape index (κ3) is 3.03. The Labute approximate surface area is 125 Å². The molecule has 0 aromatic heterocycles. The fourth-order valence-corrected chi connectivity index (χ4v) is 4.08. The third-order valence-corrected chi connectivity index (χ3v) is 5.41. The average Bonchev–Trinajstić information content (AvgIpc) is 2.30. The van der Waals surface area contributed by atoms with Crippen molar-refractivity contribution in [1.29, 1.82) is 0 Å². The number of rotatable bonds is 1. The molecule has 0 saturated carbocycles. The highest BCUT2D eigenvalue weighted by Crippen LogP contribution is 2.30. The third-order valence-electron chi connectivity index (χ3n) is 2.89. The van der Waals surface area contributed by atoms with Gasteiger partial charge in [0.25, 0.3) is 5.91 Å². The number of hydrogen-bond acceptors (Lipinski definition) is 2. The van der Waals surface area contributed by atoms with Gasteiger partial charge in [-0.05, 0) is 28.1 Å². The minimum Gasteiger partial charge on any atom is -0.336 e.